The third-order valence-corrected chi connectivity index (χ3v) is 8.72. The summed E-state index contributed by atoms with van der Waals surface area (Å²) in [6.45, 7) is 7.95. The molecule has 4 aliphatic carbocycles. The minimum absolute atomic E-state index is 0.713. The second kappa shape index (κ2) is 4.50. The van der Waals surface area contributed by atoms with Crippen molar-refractivity contribution in [3.8, 4) is 0 Å². The molecule has 0 heteroatoms. The molecule has 4 aliphatic rings. The van der Waals surface area contributed by atoms with Crippen molar-refractivity contribution < 1.29 is 0 Å². The first-order chi connectivity index (χ1) is 9.55. The third-order valence-electron chi connectivity index (χ3n) is 8.72. The second-order valence-corrected chi connectivity index (χ2v) is 9.53. The van der Waals surface area contributed by atoms with Crippen LogP contribution in [0.25, 0.3) is 0 Å². The third kappa shape index (κ3) is 1.72. The molecule has 114 valence electrons. The second-order valence-electron chi connectivity index (χ2n) is 9.53. The molecule has 0 amide bonds. The van der Waals surface area contributed by atoms with Crippen LogP contribution in [-0.4, -0.2) is 0 Å². The van der Waals surface area contributed by atoms with Crippen molar-refractivity contribution in [3.05, 3.63) is 0 Å². The summed E-state index contributed by atoms with van der Waals surface area (Å²) in [6, 6.07) is 0. The normalized spacial score (nSPS) is 58.6. The van der Waals surface area contributed by atoms with E-state index in [-0.39, 0.29) is 0 Å². The fraction of sp³-hybridized carbons (Fsp3) is 1.00. The molecular weight excluding hydrogens is 240 g/mol. The highest BCUT2D eigenvalue weighted by molar-refractivity contribution is 5.07. The summed E-state index contributed by atoms with van der Waals surface area (Å²) < 4.78 is 0. The van der Waals surface area contributed by atoms with Gasteiger partial charge in [0.2, 0.25) is 0 Å². The minimum Gasteiger partial charge on any atom is -0.0622 e. The van der Waals surface area contributed by atoms with Gasteiger partial charge in [-0.2, -0.15) is 0 Å². The largest absolute Gasteiger partial charge is 0.0622 e. The van der Waals surface area contributed by atoms with E-state index in [4.69, 9.17) is 0 Å². The van der Waals surface area contributed by atoms with Crippen LogP contribution in [0, 0.1) is 40.4 Å². The summed E-state index contributed by atoms with van der Waals surface area (Å²) in [5.74, 6) is 5.32. The number of fused-ring (bicyclic) bond motifs is 5. The summed E-state index contributed by atoms with van der Waals surface area (Å²) in [5, 5.41) is 0. The number of rotatable bonds is 0. The zero-order chi connectivity index (χ0) is 14.0. The standard InChI is InChI=1S/C20H34/c1-14-13-15-17-8-6-10-19(17,2)12-9-18(15)20(3)11-5-4-7-16(14)20/h14-18H,4-13H2,1-3H3/t14-,15-,16?,17-,18-,19-,20-/m0/s1. The summed E-state index contributed by atoms with van der Waals surface area (Å²) in [5.41, 5.74) is 1.45. The molecule has 0 aromatic heterocycles. The Hall–Kier alpha value is 0. The van der Waals surface area contributed by atoms with Crippen LogP contribution in [0.5, 0.6) is 0 Å². The van der Waals surface area contributed by atoms with Crippen LogP contribution in [-0.2, 0) is 0 Å². The molecule has 4 saturated carbocycles. The van der Waals surface area contributed by atoms with Crippen LogP contribution < -0.4 is 0 Å². The van der Waals surface area contributed by atoms with Gasteiger partial charge >= 0.3 is 0 Å². The maximum Gasteiger partial charge on any atom is -0.0264 e. The van der Waals surface area contributed by atoms with Crippen molar-refractivity contribution in [2.45, 2.75) is 85.0 Å². The summed E-state index contributed by atoms with van der Waals surface area (Å²) in [6.07, 6.45) is 15.4. The quantitative estimate of drug-likeness (QED) is 0.504. The molecule has 0 bridgehead atoms. The van der Waals surface area contributed by atoms with Gasteiger partial charge in [0.25, 0.3) is 0 Å². The minimum atomic E-state index is 0.713. The molecule has 20 heavy (non-hydrogen) atoms. The predicted octanol–water partition coefficient (Wildman–Crippen LogP) is 6.06. The van der Waals surface area contributed by atoms with E-state index in [0.717, 1.165) is 35.0 Å². The molecule has 4 fully saturated rings. The van der Waals surface area contributed by atoms with Gasteiger partial charge in [-0.1, -0.05) is 40.0 Å². The summed E-state index contributed by atoms with van der Waals surface area (Å²) in [4.78, 5) is 0. The molecule has 7 atom stereocenters. The van der Waals surface area contributed by atoms with Crippen molar-refractivity contribution in [1.29, 1.82) is 0 Å². The lowest BCUT2D eigenvalue weighted by Crippen LogP contribution is -2.54. The van der Waals surface area contributed by atoms with Gasteiger partial charge in [-0.05, 0) is 85.4 Å². The molecular formula is C20H34. The van der Waals surface area contributed by atoms with Crippen LogP contribution in [0.3, 0.4) is 0 Å². The van der Waals surface area contributed by atoms with Crippen molar-refractivity contribution in [2.75, 3.05) is 0 Å². The average Bonchev–Trinajstić information content (AvgIpc) is 2.81. The van der Waals surface area contributed by atoms with Gasteiger partial charge in [-0.25, -0.2) is 0 Å². The first-order valence-corrected chi connectivity index (χ1v) is 9.55. The Labute approximate surface area is 126 Å². The number of hydrogen-bond donors (Lipinski definition) is 0. The van der Waals surface area contributed by atoms with Crippen LogP contribution in [0.2, 0.25) is 0 Å². The van der Waals surface area contributed by atoms with Crippen molar-refractivity contribution >= 4 is 0 Å². The van der Waals surface area contributed by atoms with Gasteiger partial charge in [-0.3, -0.25) is 0 Å². The molecule has 0 spiro atoms. The topological polar surface area (TPSA) is 0 Å². The van der Waals surface area contributed by atoms with E-state index in [1.165, 1.54) is 25.7 Å². The van der Waals surface area contributed by atoms with Crippen LogP contribution in [0.1, 0.15) is 85.0 Å². The number of hydrogen-bond acceptors (Lipinski definition) is 0. The van der Waals surface area contributed by atoms with Crippen molar-refractivity contribution in [2.24, 2.45) is 40.4 Å². The lowest BCUT2D eigenvalue weighted by molar-refractivity contribution is -0.125. The van der Waals surface area contributed by atoms with E-state index >= 15 is 0 Å². The SMILES string of the molecule is C[C@H]1C[C@H]2[C@@H]3CCC[C@@]3(C)CC[C@@H]2[C@@]2(C)CCCCC12. The zero-order valence-corrected chi connectivity index (χ0v) is 14.0. The summed E-state index contributed by atoms with van der Waals surface area (Å²) in [7, 11) is 0. The molecule has 0 saturated heterocycles. The Balaban J connectivity index is 1.68. The van der Waals surface area contributed by atoms with E-state index in [2.05, 4.69) is 20.8 Å². The first kappa shape index (κ1) is 13.6. The predicted molar refractivity (Wildman–Crippen MR) is 85.5 cm³/mol. The van der Waals surface area contributed by atoms with E-state index in [1.807, 2.05) is 0 Å². The Morgan fingerprint density at radius 1 is 0.750 bits per heavy atom. The van der Waals surface area contributed by atoms with Gasteiger partial charge in [0.05, 0.1) is 0 Å². The first-order valence-electron chi connectivity index (χ1n) is 9.55. The molecule has 0 aromatic rings. The molecule has 0 aliphatic heterocycles. The molecule has 0 nitrogen and oxygen atoms in total. The highest BCUT2D eigenvalue weighted by Gasteiger charge is 2.58. The Bertz CT molecular complexity index is 385. The molecule has 0 heterocycles. The fourth-order valence-electron chi connectivity index (χ4n) is 7.80. The van der Waals surface area contributed by atoms with E-state index in [9.17, 15) is 0 Å². The lowest BCUT2D eigenvalue weighted by Gasteiger charge is -2.62. The maximum atomic E-state index is 2.71. The average molecular weight is 274 g/mol. The van der Waals surface area contributed by atoms with Crippen LogP contribution >= 0.6 is 0 Å². The molecule has 0 radical (unpaired) electrons. The Kier molecular flexibility index (Phi) is 3.07. The fourth-order valence-corrected chi connectivity index (χ4v) is 7.80. The van der Waals surface area contributed by atoms with Crippen LogP contribution in [0.4, 0.5) is 0 Å². The molecule has 4 rings (SSSR count). The maximum absolute atomic E-state index is 2.71. The summed E-state index contributed by atoms with van der Waals surface area (Å²) >= 11 is 0. The lowest BCUT2D eigenvalue weighted by atomic mass is 9.43. The highest BCUT2D eigenvalue weighted by atomic mass is 14.6. The monoisotopic (exact) mass is 274 g/mol. The molecule has 0 aromatic carbocycles. The van der Waals surface area contributed by atoms with Gasteiger partial charge < -0.3 is 0 Å². The van der Waals surface area contributed by atoms with E-state index in [0.29, 0.717) is 5.41 Å². The van der Waals surface area contributed by atoms with Crippen molar-refractivity contribution in [3.63, 3.8) is 0 Å². The van der Waals surface area contributed by atoms with E-state index < -0.39 is 0 Å². The van der Waals surface area contributed by atoms with E-state index in [1.54, 1.807) is 38.5 Å². The smallest absolute Gasteiger partial charge is 0.0264 e. The zero-order valence-electron chi connectivity index (χ0n) is 14.0. The van der Waals surface area contributed by atoms with Gasteiger partial charge in [-0.15, -0.1) is 0 Å². The van der Waals surface area contributed by atoms with Gasteiger partial charge in [0.15, 0.2) is 0 Å². The Morgan fingerprint density at radius 3 is 2.40 bits per heavy atom. The highest BCUT2D eigenvalue weighted by Crippen LogP contribution is 2.67. The van der Waals surface area contributed by atoms with Crippen molar-refractivity contribution in [1.82, 2.24) is 0 Å². The van der Waals surface area contributed by atoms with Gasteiger partial charge in [0.1, 0.15) is 0 Å². The molecule has 1 unspecified atom stereocenters. The van der Waals surface area contributed by atoms with Crippen LogP contribution in [0.15, 0.2) is 0 Å². The Morgan fingerprint density at radius 2 is 1.55 bits per heavy atom. The molecule has 0 N–H and O–H groups in total. The van der Waals surface area contributed by atoms with Gasteiger partial charge in [0, 0.05) is 0 Å².